The van der Waals surface area contributed by atoms with E-state index in [1.165, 1.54) is 12.1 Å². The molecule has 0 bridgehead atoms. The molecule has 0 aromatic heterocycles. The first-order valence-electron chi connectivity index (χ1n) is 9.39. The van der Waals surface area contributed by atoms with Gasteiger partial charge in [-0.1, -0.05) is 0 Å². The molecular weight excluding hydrogens is 467 g/mol. The Bertz CT molecular complexity index is 983. The molecule has 142 valence electrons. The van der Waals surface area contributed by atoms with Gasteiger partial charge < -0.3 is 0 Å². The Morgan fingerprint density at radius 3 is 1.34 bits per heavy atom. The fraction of sp³-hybridized carbons (Fsp3) is 0. The third kappa shape index (κ3) is 3.91. The molecule has 0 saturated heterocycles. The summed E-state index contributed by atoms with van der Waals surface area (Å²) < 4.78 is 9.70. The van der Waals surface area contributed by atoms with Gasteiger partial charge >= 0.3 is 175 Å². The molecule has 0 atom stereocenters. The average molecular weight is 487 g/mol. The number of hydrogen-bond acceptors (Lipinski definition) is 3. The Kier molecular flexibility index (Phi) is 5.67. The number of benzene rings is 4. The van der Waals surface area contributed by atoms with Crippen molar-refractivity contribution in [2.45, 2.75) is 0 Å². The third-order valence-corrected chi connectivity index (χ3v) is 16.1. The minimum absolute atomic E-state index is 0.116. The number of hydrogen-bond donors (Lipinski definition) is 1. The summed E-state index contributed by atoms with van der Waals surface area (Å²) in [6, 6.07) is 36.4. The van der Waals surface area contributed by atoms with E-state index >= 15 is 0 Å². The molecule has 0 heterocycles. The second-order valence-corrected chi connectivity index (χ2v) is 16.1. The van der Waals surface area contributed by atoms with Crippen molar-refractivity contribution < 1.29 is 13.0 Å². The van der Waals surface area contributed by atoms with Gasteiger partial charge in [0.25, 0.3) is 0 Å². The Balaban J connectivity index is 1.92. The van der Waals surface area contributed by atoms with Crippen LogP contribution in [0.1, 0.15) is 10.4 Å². The fourth-order valence-electron chi connectivity index (χ4n) is 3.49. The van der Waals surface area contributed by atoms with Gasteiger partial charge in [-0.05, 0) is 0 Å². The number of rotatable bonds is 5. The molecule has 4 rings (SSSR count). The second kappa shape index (κ2) is 8.53. The molecule has 4 aromatic carbocycles. The van der Waals surface area contributed by atoms with E-state index < -0.39 is 18.8 Å². The van der Waals surface area contributed by atoms with Crippen molar-refractivity contribution in [1.29, 1.82) is 0 Å². The second-order valence-electron chi connectivity index (χ2n) is 6.72. The van der Waals surface area contributed by atoms with Crippen LogP contribution in [-0.4, -0.2) is 29.9 Å². The molecule has 0 amide bonds. The first-order valence-corrected chi connectivity index (χ1v) is 14.8. The summed E-state index contributed by atoms with van der Waals surface area (Å²) >= 11 is -4.11. The molecule has 1 N–H and O–H groups in total. The van der Waals surface area contributed by atoms with Gasteiger partial charge in [-0.3, -0.25) is 0 Å². The van der Waals surface area contributed by atoms with Crippen LogP contribution in [0.5, 0.6) is 5.75 Å². The van der Waals surface area contributed by atoms with Crippen molar-refractivity contribution in [3.63, 3.8) is 0 Å². The number of carbonyl (C=O) groups is 1. The fourth-order valence-corrected chi connectivity index (χ4v) is 14.2. The molecule has 0 fully saturated rings. The number of phenolic OH excluding ortho intramolecular Hbond substituents is 1. The van der Waals surface area contributed by atoms with E-state index in [1.807, 2.05) is 54.6 Å². The summed E-state index contributed by atoms with van der Waals surface area (Å²) in [6.45, 7) is 0. The first-order chi connectivity index (χ1) is 14.2. The Morgan fingerprint density at radius 1 is 0.586 bits per heavy atom. The monoisotopic (exact) mass is 488 g/mol. The Hall–Kier alpha value is -3.05. The summed E-state index contributed by atoms with van der Waals surface area (Å²) in [5.41, 5.74) is 0.423. The molecule has 29 heavy (non-hydrogen) atoms. The first kappa shape index (κ1) is 19.3. The molecule has 0 aliphatic heterocycles. The zero-order valence-corrected chi connectivity index (χ0v) is 18.6. The molecule has 0 saturated carbocycles. The molecule has 4 heteroatoms. The van der Waals surface area contributed by atoms with E-state index in [4.69, 9.17) is 3.07 Å². The Labute approximate surface area is 174 Å². The predicted molar refractivity (Wildman–Crippen MR) is 118 cm³/mol. The van der Waals surface area contributed by atoms with Crippen LogP contribution in [-0.2, 0) is 3.07 Å². The molecule has 4 aromatic rings. The predicted octanol–water partition coefficient (Wildman–Crippen LogP) is 3.22. The third-order valence-electron chi connectivity index (χ3n) is 4.89. The van der Waals surface area contributed by atoms with Crippen molar-refractivity contribution in [3.8, 4) is 5.75 Å². The SMILES string of the molecule is O=C([O][Sn]([c]1ccccc1)([c]1ccccc1)[c]1ccccc1)c1ccc(O)cc1. The van der Waals surface area contributed by atoms with Gasteiger partial charge in [0.1, 0.15) is 0 Å². The van der Waals surface area contributed by atoms with E-state index in [1.54, 1.807) is 12.1 Å². The summed E-state index contributed by atoms with van der Waals surface area (Å²) in [5, 5.41) is 9.57. The number of carbonyl (C=O) groups excluding carboxylic acids is 1. The summed E-state index contributed by atoms with van der Waals surface area (Å²) in [7, 11) is 0. The summed E-state index contributed by atoms with van der Waals surface area (Å²) in [6.07, 6.45) is 0. The van der Waals surface area contributed by atoms with Crippen LogP contribution in [0.3, 0.4) is 0 Å². The van der Waals surface area contributed by atoms with Crippen LogP contribution >= 0.6 is 0 Å². The molecule has 0 aliphatic carbocycles. The van der Waals surface area contributed by atoms with E-state index in [0.29, 0.717) is 5.56 Å². The van der Waals surface area contributed by atoms with E-state index in [9.17, 15) is 9.90 Å². The molecule has 0 unspecified atom stereocenters. The van der Waals surface area contributed by atoms with E-state index in [2.05, 4.69) is 36.4 Å². The Morgan fingerprint density at radius 2 is 0.966 bits per heavy atom. The maximum absolute atomic E-state index is 13.2. The van der Waals surface area contributed by atoms with E-state index in [-0.39, 0.29) is 11.7 Å². The summed E-state index contributed by atoms with van der Waals surface area (Å²) in [5.74, 6) is -0.261. The molecule has 0 aliphatic rings. The van der Waals surface area contributed by atoms with Crippen LogP contribution in [0.2, 0.25) is 0 Å². The van der Waals surface area contributed by atoms with Gasteiger partial charge in [-0.2, -0.15) is 0 Å². The maximum atomic E-state index is 13.2. The van der Waals surface area contributed by atoms with Crippen LogP contribution in [0, 0.1) is 0 Å². The topological polar surface area (TPSA) is 46.5 Å². The quantitative estimate of drug-likeness (QED) is 0.440. The van der Waals surface area contributed by atoms with Crippen molar-refractivity contribution in [2.75, 3.05) is 0 Å². The van der Waals surface area contributed by atoms with E-state index in [0.717, 1.165) is 10.7 Å². The van der Waals surface area contributed by atoms with Crippen LogP contribution < -0.4 is 10.7 Å². The molecule has 0 radical (unpaired) electrons. The number of aromatic hydroxyl groups is 1. The summed E-state index contributed by atoms with van der Waals surface area (Å²) in [4.78, 5) is 13.2. The minimum atomic E-state index is -4.11. The zero-order chi connectivity index (χ0) is 20.1. The van der Waals surface area contributed by atoms with Gasteiger partial charge in [0.15, 0.2) is 0 Å². The van der Waals surface area contributed by atoms with Crippen molar-refractivity contribution in [3.05, 3.63) is 121 Å². The average Bonchev–Trinajstić information content (AvgIpc) is 2.79. The van der Waals surface area contributed by atoms with Gasteiger partial charge in [0.05, 0.1) is 0 Å². The van der Waals surface area contributed by atoms with Gasteiger partial charge in [0, 0.05) is 0 Å². The zero-order valence-electron chi connectivity index (χ0n) is 15.7. The standard InChI is InChI=1S/C7H6O3.3C6H5.Sn/c8-6-3-1-5(2-4-6)7(9)10;3*1-2-4-6-5-3-1;/h1-4,8H,(H,9,10);3*1-5H;/q;;;;+1/p-1. The van der Waals surface area contributed by atoms with Crippen LogP contribution in [0.4, 0.5) is 0 Å². The van der Waals surface area contributed by atoms with Crippen molar-refractivity contribution in [1.82, 2.24) is 0 Å². The van der Waals surface area contributed by atoms with Crippen LogP contribution in [0.25, 0.3) is 0 Å². The molecular formula is C25H20O3Sn. The van der Waals surface area contributed by atoms with Gasteiger partial charge in [-0.25, -0.2) is 0 Å². The van der Waals surface area contributed by atoms with Gasteiger partial charge in [-0.15, -0.1) is 0 Å². The normalized spacial score (nSPS) is 11.0. The van der Waals surface area contributed by atoms with Crippen molar-refractivity contribution >= 4 is 35.5 Å². The van der Waals surface area contributed by atoms with Crippen molar-refractivity contribution in [2.24, 2.45) is 0 Å². The molecule has 3 nitrogen and oxygen atoms in total. The molecule has 0 spiro atoms. The van der Waals surface area contributed by atoms with Gasteiger partial charge in [0.2, 0.25) is 0 Å². The number of phenols is 1. The van der Waals surface area contributed by atoms with Crippen LogP contribution in [0.15, 0.2) is 115 Å².